The summed E-state index contributed by atoms with van der Waals surface area (Å²) in [6.45, 7) is 8.15. The van der Waals surface area contributed by atoms with Crippen molar-refractivity contribution < 1.29 is 19.1 Å². The molecule has 0 aromatic heterocycles. The molecule has 1 atom stereocenters. The fourth-order valence-electron chi connectivity index (χ4n) is 4.19. The number of anilines is 2. The van der Waals surface area contributed by atoms with Crippen LogP contribution in [0.4, 0.5) is 15.8 Å². The Bertz CT molecular complexity index is 1250. The van der Waals surface area contributed by atoms with Gasteiger partial charge in [0.05, 0.1) is 22.4 Å². The van der Waals surface area contributed by atoms with E-state index in [-0.39, 0.29) is 22.6 Å². The number of nitrogens with zero attached hydrogens (tertiary/aromatic N) is 1. The Hall–Kier alpha value is -3.18. The number of aromatic carboxylic acids is 1. The van der Waals surface area contributed by atoms with Crippen molar-refractivity contribution in [3.63, 3.8) is 0 Å². The van der Waals surface area contributed by atoms with Crippen molar-refractivity contribution in [3.8, 4) is 0 Å². The maximum atomic E-state index is 15.0. The maximum Gasteiger partial charge on any atom is 0.335 e. The van der Waals surface area contributed by atoms with E-state index >= 15 is 0 Å². The van der Waals surface area contributed by atoms with Gasteiger partial charge < -0.3 is 5.11 Å². The number of carboxylic acids is 1. The summed E-state index contributed by atoms with van der Waals surface area (Å²) in [5.41, 5.74) is 1.77. The van der Waals surface area contributed by atoms with Crippen LogP contribution in [0.3, 0.4) is 0 Å². The number of halogens is 2. The molecule has 3 aromatic rings. The summed E-state index contributed by atoms with van der Waals surface area (Å²) < 4.78 is 15.0. The van der Waals surface area contributed by atoms with Crippen molar-refractivity contribution in [2.75, 3.05) is 4.90 Å². The van der Waals surface area contributed by atoms with Crippen molar-refractivity contribution in [2.45, 2.75) is 38.5 Å². The van der Waals surface area contributed by atoms with E-state index in [9.17, 15) is 14.0 Å². The zero-order chi connectivity index (χ0) is 23.4. The van der Waals surface area contributed by atoms with Gasteiger partial charge in [-0.15, -0.1) is 0 Å². The summed E-state index contributed by atoms with van der Waals surface area (Å²) in [5, 5.41) is 9.63. The Morgan fingerprint density at radius 2 is 1.62 bits per heavy atom. The minimum Gasteiger partial charge on any atom is -0.478 e. The molecule has 4 rings (SSSR count). The Kier molecular flexibility index (Phi) is 5.13. The normalized spacial score (nSPS) is 18.1. The number of benzene rings is 3. The van der Waals surface area contributed by atoms with Gasteiger partial charge in [-0.1, -0.05) is 56.6 Å². The molecule has 3 aromatic carbocycles. The second-order valence-electron chi connectivity index (χ2n) is 9.23. The van der Waals surface area contributed by atoms with Crippen molar-refractivity contribution >= 4 is 34.9 Å². The van der Waals surface area contributed by atoms with Crippen LogP contribution in [0.2, 0.25) is 5.02 Å². The first-order valence-corrected chi connectivity index (χ1v) is 10.6. The van der Waals surface area contributed by atoms with E-state index in [1.54, 1.807) is 25.1 Å². The Morgan fingerprint density at radius 1 is 1.00 bits per heavy atom. The predicted octanol–water partition coefficient (Wildman–Crippen LogP) is 6.46. The lowest BCUT2D eigenvalue weighted by molar-refractivity contribution is -0.120. The fraction of sp³-hybridized carbons (Fsp3) is 0.231. The Morgan fingerprint density at radius 3 is 2.19 bits per heavy atom. The van der Waals surface area contributed by atoms with Crippen molar-refractivity contribution in [2.24, 2.45) is 0 Å². The summed E-state index contributed by atoms with van der Waals surface area (Å²) in [4.78, 5) is 26.4. The first-order chi connectivity index (χ1) is 14.9. The van der Waals surface area contributed by atoms with Crippen LogP contribution in [0, 0.1) is 5.82 Å². The summed E-state index contributed by atoms with van der Waals surface area (Å²) >= 11 is 6.28. The van der Waals surface area contributed by atoms with Crippen molar-refractivity contribution in [3.05, 3.63) is 93.8 Å². The molecule has 1 aliphatic heterocycles. The second kappa shape index (κ2) is 7.45. The molecule has 1 unspecified atom stereocenters. The van der Waals surface area contributed by atoms with Crippen LogP contribution in [-0.4, -0.2) is 17.0 Å². The van der Waals surface area contributed by atoms with Crippen LogP contribution >= 0.6 is 11.6 Å². The third-order valence-electron chi connectivity index (χ3n) is 6.13. The molecule has 0 spiro atoms. The molecule has 1 N–H and O–H groups in total. The smallest absolute Gasteiger partial charge is 0.335 e. The van der Waals surface area contributed by atoms with E-state index in [2.05, 4.69) is 20.8 Å². The van der Waals surface area contributed by atoms with Crippen LogP contribution in [0.5, 0.6) is 0 Å². The van der Waals surface area contributed by atoms with E-state index in [4.69, 9.17) is 16.7 Å². The largest absolute Gasteiger partial charge is 0.478 e. The average molecular weight is 452 g/mol. The number of amides is 1. The van der Waals surface area contributed by atoms with E-state index in [1.165, 1.54) is 17.0 Å². The van der Waals surface area contributed by atoms with Gasteiger partial charge >= 0.3 is 5.97 Å². The topological polar surface area (TPSA) is 57.6 Å². The van der Waals surface area contributed by atoms with Gasteiger partial charge in [-0.3, -0.25) is 9.69 Å². The first kappa shape index (κ1) is 22.0. The number of hydrogen-bond donors (Lipinski definition) is 1. The SMILES string of the molecule is CC(C)(C)c1ccc(C2(C)C(=O)N(c3ccc(C(=O)O)cc3F)c3ccc(Cl)cc32)cc1. The van der Waals surface area contributed by atoms with Crippen LogP contribution in [0.25, 0.3) is 0 Å². The summed E-state index contributed by atoms with van der Waals surface area (Å²) in [6.07, 6.45) is 0. The standard InChI is InChI=1S/C26H23ClFNO3/c1-25(2,3)16-6-8-17(9-7-16)26(4)19-14-18(27)10-12-21(19)29(24(26)32)22-11-5-15(23(30)31)13-20(22)28/h5-14H,1-4H3,(H,30,31). The van der Waals surface area contributed by atoms with Gasteiger partial charge in [-0.25, -0.2) is 9.18 Å². The highest BCUT2D eigenvalue weighted by Crippen LogP contribution is 2.50. The molecule has 0 fully saturated rings. The van der Waals surface area contributed by atoms with Crippen LogP contribution in [0.15, 0.2) is 60.7 Å². The van der Waals surface area contributed by atoms with E-state index in [0.29, 0.717) is 16.3 Å². The third kappa shape index (κ3) is 3.37. The minimum atomic E-state index is -1.24. The molecule has 164 valence electrons. The van der Waals surface area contributed by atoms with Gasteiger partial charge in [0.25, 0.3) is 0 Å². The van der Waals surface area contributed by atoms with Crippen LogP contribution in [0.1, 0.15) is 54.7 Å². The average Bonchev–Trinajstić information content (AvgIpc) is 2.95. The fourth-order valence-corrected chi connectivity index (χ4v) is 4.37. The molecule has 6 heteroatoms. The molecule has 32 heavy (non-hydrogen) atoms. The molecule has 0 saturated heterocycles. The van der Waals surface area contributed by atoms with E-state index in [0.717, 1.165) is 17.2 Å². The van der Waals surface area contributed by atoms with Gasteiger partial charge in [-0.2, -0.15) is 0 Å². The zero-order valence-electron chi connectivity index (χ0n) is 18.2. The summed E-state index contributed by atoms with van der Waals surface area (Å²) in [5.74, 6) is -2.36. The lowest BCUT2D eigenvalue weighted by Crippen LogP contribution is -2.37. The van der Waals surface area contributed by atoms with Gasteiger partial charge in [0, 0.05) is 5.02 Å². The molecular weight excluding hydrogens is 429 g/mol. The lowest BCUT2D eigenvalue weighted by Gasteiger charge is -2.27. The highest BCUT2D eigenvalue weighted by Gasteiger charge is 2.50. The number of carboxylic acid groups (broad SMARTS) is 1. The number of rotatable bonds is 3. The Balaban J connectivity index is 1.89. The summed E-state index contributed by atoms with van der Waals surface area (Å²) in [7, 11) is 0. The molecular formula is C26H23ClFNO3. The number of carbonyl (C=O) groups excluding carboxylic acids is 1. The molecule has 0 radical (unpaired) electrons. The van der Waals surface area contributed by atoms with Gasteiger partial charge in [0.2, 0.25) is 5.91 Å². The summed E-state index contributed by atoms with van der Waals surface area (Å²) in [6, 6.07) is 16.5. The number of fused-ring (bicyclic) bond motifs is 1. The maximum absolute atomic E-state index is 15.0. The molecule has 0 aliphatic carbocycles. The second-order valence-corrected chi connectivity index (χ2v) is 9.66. The van der Waals surface area contributed by atoms with Crippen LogP contribution in [-0.2, 0) is 15.6 Å². The molecule has 1 amide bonds. The van der Waals surface area contributed by atoms with Crippen molar-refractivity contribution in [1.29, 1.82) is 0 Å². The van der Waals surface area contributed by atoms with Gasteiger partial charge in [0.1, 0.15) is 5.82 Å². The zero-order valence-corrected chi connectivity index (χ0v) is 19.0. The predicted molar refractivity (Wildman–Crippen MR) is 124 cm³/mol. The highest BCUT2D eigenvalue weighted by molar-refractivity contribution is 6.31. The monoisotopic (exact) mass is 451 g/mol. The Labute approximate surface area is 191 Å². The quantitative estimate of drug-likeness (QED) is 0.497. The van der Waals surface area contributed by atoms with Gasteiger partial charge in [0.15, 0.2) is 0 Å². The number of hydrogen-bond acceptors (Lipinski definition) is 2. The molecule has 1 heterocycles. The lowest BCUT2D eigenvalue weighted by atomic mass is 9.76. The van der Waals surface area contributed by atoms with Crippen LogP contribution < -0.4 is 4.90 Å². The minimum absolute atomic E-state index is 0.00129. The van der Waals surface area contributed by atoms with Crippen molar-refractivity contribution in [1.82, 2.24) is 0 Å². The number of carbonyl (C=O) groups is 2. The molecule has 1 aliphatic rings. The molecule has 4 nitrogen and oxygen atoms in total. The van der Waals surface area contributed by atoms with E-state index in [1.807, 2.05) is 24.3 Å². The van der Waals surface area contributed by atoms with E-state index < -0.39 is 17.2 Å². The third-order valence-corrected chi connectivity index (χ3v) is 6.37. The molecule has 0 saturated carbocycles. The van der Waals surface area contributed by atoms with Gasteiger partial charge in [-0.05, 0) is 65.4 Å². The highest BCUT2D eigenvalue weighted by atomic mass is 35.5. The first-order valence-electron chi connectivity index (χ1n) is 10.2. The molecule has 0 bridgehead atoms.